The molecule has 2 aromatic rings. The molecule has 0 aliphatic rings. The molecule has 0 aliphatic carbocycles. The van der Waals surface area contributed by atoms with Crippen molar-refractivity contribution in [2.45, 2.75) is 39.0 Å². The average Bonchev–Trinajstić information content (AvgIpc) is 2.82. The summed E-state index contributed by atoms with van der Waals surface area (Å²) in [6.07, 6.45) is 2.37. The first-order valence-corrected chi connectivity index (χ1v) is 10.7. The molecule has 0 aromatic heterocycles. The van der Waals surface area contributed by atoms with E-state index in [1.165, 1.54) is 0 Å². The van der Waals surface area contributed by atoms with Crippen molar-refractivity contribution in [1.82, 2.24) is 0 Å². The lowest BCUT2D eigenvalue weighted by Crippen LogP contribution is -2.14. The van der Waals surface area contributed by atoms with Gasteiger partial charge < -0.3 is 14.2 Å². The van der Waals surface area contributed by atoms with E-state index >= 15 is 0 Å². The smallest absolute Gasteiger partial charge is 0.333 e. The lowest BCUT2D eigenvalue weighted by molar-refractivity contribution is -0.150. The fraction of sp³-hybridized carbons (Fsp3) is 0.308. The molecule has 0 amide bonds. The van der Waals surface area contributed by atoms with Crippen molar-refractivity contribution in [3.63, 3.8) is 0 Å². The van der Waals surface area contributed by atoms with Gasteiger partial charge in [-0.2, -0.15) is 5.26 Å². The molecule has 172 valence electrons. The Hall–Kier alpha value is -3.92. The number of benzene rings is 2. The Kier molecular flexibility index (Phi) is 10.4. The molecule has 0 fully saturated rings. The molecule has 2 rings (SSSR count). The number of unbranched alkanes of at least 4 members (excludes halogenated alkanes) is 2. The fourth-order valence-electron chi connectivity index (χ4n) is 2.84. The first-order chi connectivity index (χ1) is 15.9. The van der Waals surface area contributed by atoms with Gasteiger partial charge in [-0.15, -0.1) is 0 Å². The second-order valence-corrected chi connectivity index (χ2v) is 7.38. The van der Waals surface area contributed by atoms with Gasteiger partial charge in [-0.25, -0.2) is 4.79 Å². The van der Waals surface area contributed by atoms with E-state index in [-0.39, 0.29) is 38.0 Å². The maximum atomic E-state index is 12.0. The average molecular weight is 450 g/mol. The first kappa shape index (κ1) is 25.3. The molecule has 7 heteroatoms. The number of esters is 3. The third kappa shape index (κ3) is 9.40. The van der Waals surface area contributed by atoms with Gasteiger partial charge in [0.2, 0.25) is 0 Å². The molecular formula is C26H27NO6. The summed E-state index contributed by atoms with van der Waals surface area (Å²) in [6.45, 7) is 5.01. The maximum absolute atomic E-state index is 12.0. The highest BCUT2D eigenvalue weighted by atomic mass is 16.6. The molecule has 0 saturated carbocycles. The van der Waals surface area contributed by atoms with Gasteiger partial charge in [-0.3, -0.25) is 9.59 Å². The summed E-state index contributed by atoms with van der Waals surface area (Å²) in [7, 11) is 0. The highest BCUT2D eigenvalue weighted by Crippen LogP contribution is 2.23. The highest BCUT2D eigenvalue weighted by Gasteiger charge is 2.08. The van der Waals surface area contributed by atoms with Crippen molar-refractivity contribution in [1.29, 1.82) is 5.26 Å². The number of carbonyl (C=O) groups excluding carboxylic acids is 3. The predicted octanol–water partition coefficient (Wildman–Crippen LogP) is 4.74. The van der Waals surface area contributed by atoms with Crippen LogP contribution in [0.4, 0.5) is 0 Å². The van der Waals surface area contributed by atoms with Crippen molar-refractivity contribution in [2.75, 3.05) is 13.2 Å². The van der Waals surface area contributed by atoms with Crippen LogP contribution in [0.5, 0.6) is 5.75 Å². The summed E-state index contributed by atoms with van der Waals surface area (Å²) in [5.41, 5.74) is 2.82. The zero-order chi connectivity index (χ0) is 24.1. The van der Waals surface area contributed by atoms with Gasteiger partial charge in [0.25, 0.3) is 0 Å². The Morgan fingerprint density at radius 2 is 1.36 bits per heavy atom. The number of rotatable bonds is 12. The standard InChI is InChI=1S/C26H27NO6/c1-19(2)26(30)32-17-16-31-24(28)6-4-3-5-7-25(29)33-23-14-12-22(13-15-23)21-10-8-20(18-27)9-11-21/h8-15H,1,3-7,16-17H2,2H3. The van der Waals surface area contributed by atoms with E-state index in [1.54, 1.807) is 31.2 Å². The largest absolute Gasteiger partial charge is 0.462 e. The summed E-state index contributed by atoms with van der Waals surface area (Å²) >= 11 is 0. The summed E-state index contributed by atoms with van der Waals surface area (Å²) < 4.78 is 15.2. The van der Waals surface area contributed by atoms with Crippen LogP contribution in [0.25, 0.3) is 11.1 Å². The van der Waals surface area contributed by atoms with E-state index in [4.69, 9.17) is 19.5 Å². The second kappa shape index (κ2) is 13.5. The third-order valence-corrected chi connectivity index (χ3v) is 4.62. The summed E-state index contributed by atoms with van der Waals surface area (Å²) in [4.78, 5) is 34.8. The maximum Gasteiger partial charge on any atom is 0.333 e. The van der Waals surface area contributed by atoms with E-state index < -0.39 is 5.97 Å². The van der Waals surface area contributed by atoms with Gasteiger partial charge in [-0.1, -0.05) is 37.3 Å². The van der Waals surface area contributed by atoms with Gasteiger partial charge in [0.15, 0.2) is 0 Å². The number of nitriles is 1. The molecule has 0 saturated heterocycles. The van der Waals surface area contributed by atoms with E-state index in [0.29, 0.717) is 36.1 Å². The SMILES string of the molecule is C=C(C)C(=O)OCCOC(=O)CCCCCC(=O)Oc1ccc(-c2ccc(C#N)cc2)cc1. The van der Waals surface area contributed by atoms with Crippen LogP contribution >= 0.6 is 0 Å². The van der Waals surface area contributed by atoms with Crippen LogP contribution in [0.15, 0.2) is 60.7 Å². The third-order valence-electron chi connectivity index (χ3n) is 4.62. The van der Waals surface area contributed by atoms with Crippen molar-refractivity contribution in [2.24, 2.45) is 0 Å². The molecule has 0 heterocycles. The molecule has 0 N–H and O–H groups in total. The van der Waals surface area contributed by atoms with Crippen LogP contribution in [0.2, 0.25) is 0 Å². The monoisotopic (exact) mass is 449 g/mol. The van der Waals surface area contributed by atoms with E-state index in [1.807, 2.05) is 24.3 Å². The van der Waals surface area contributed by atoms with E-state index in [9.17, 15) is 14.4 Å². The zero-order valence-corrected chi connectivity index (χ0v) is 18.7. The van der Waals surface area contributed by atoms with Crippen LogP contribution in [-0.4, -0.2) is 31.1 Å². The fourth-order valence-corrected chi connectivity index (χ4v) is 2.84. The second-order valence-electron chi connectivity index (χ2n) is 7.38. The molecule has 7 nitrogen and oxygen atoms in total. The minimum atomic E-state index is -0.514. The Balaban J connectivity index is 1.59. The van der Waals surface area contributed by atoms with E-state index in [2.05, 4.69) is 12.6 Å². The number of carbonyl (C=O) groups is 3. The van der Waals surface area contributed by atoms with Crippen LogP contribution in [0.1, 0.15) is 44.6 Å². The highest BCUT2D eigenvalue weighted by molar-refractivity contribution is 5.86. The topological polar surface area (TPSA) is 103 Å². The number of hydrogen-bond acceptors (Lipinski definition) is 7. The van der Waals surface area contributed by atoms with Gasteiger partial charge in [0.1, 0.15) is 19.0 Å². The molecule has 33 heavy (non-hydrogen) atoms. The summed E-state index contributed by atoms with van der Waals surface area (Å²) in [5.74, 6) is -0.747. The minimum Gasteiger partial charge on any atom is -0.462 e. The van der Waals surface area contributed by atoms with Gasteiger partial charge in [-0.05, 0) is 55.2 Å². The van der Waals surface area contributed by atoms with Crippen LogP contribution in [0.3, 0.4) is 0 Å². The van der Waals surface area contributed by atoms with Crippen molar-refractivity contribution in [3.05, 3.63) is 66.2 Å². The summed E-state index contributed by atoms with van der Waals surface area (Å²) in [6, 6.07) is 16.5. The minimum absolute atomic E-state index is 0.00225. The molecule has 0 radical (unpaired) electrons. The molecule has 0 atom stereocenters. The van der Waals surface area contributed by atoms with Crippen LogP contribution in [-0.2, 0) is 23.9 Å². The number of nitrogens with zero attached hydrogens (tertiary/aromatic N) is 1. The molecule has 0 spiro atoms. The molecule has 0 unspecified atom stereocenters. The van der Waals surface area contributed by atoms with Gasteiger partial charge in [0, 0.05) is 18.4 Å². The normalized spacial score (nSPS) is 10.1. The van der Waals surface area contributed by atoms with E-state index in [0.717, 1.165) is 11.1 Å². The van der Waals surface area contributed by atoms with Crippen molar-refractivity contribution < 1.29 is 28.6 Å². The van der Waals surface area contributed by atoms with Crippen LogP contribution in [0, 0.1) is 11.3 Å². The lowest BCUT2D eigenvalue weighted by atomic mass is 10.0. The van der Waals surface area contributed by atoms with Crippen LogP contribution < -0.4 is 4.74 Å². The molecule has 2 aromatic carbocycles. The molecular weight excluding hydrogens is 422 g/mol. The van der Waals surface area contributed by atoms with Crippen molar-refractivity contribution in [3.8, 4) is 22.9 Å². The van der Waals surface area contributed by atoms with Crippen molar-refractivity contribution >= 4 is 17.9 Å². The Labute approximate surface area is 193 Å². The zero-order valence-electron chi connectivity index (χ0n) is 18.7. The lowest BCUT2D eigenvalue weighted by Gasteiger charge is -2.07. The number of ether oxygens (including phenoxy) is 3. The molecule has 0 aliphatic heterocycles. The quantitative estimate of drug-likeness (QED) is 0.199. The number of hydrogen-bond donors (Lipinski definition) is 0. The Bertz CT molecular complexity index is 1000. The molecule has 0 bridgehead atoms. The Morgan fingerprint density at radius 1 is 0.818 bits per heavy atom. The van der Waals surface area contributed by atoms with Gasteiger partial charge >= 0.3 is 17.9 Å². The predicted molar refractivity (Wildman–Crippen MR) is 122 cm³/mol. The summed E-state index contributed by atoms with van der Waals surface area (Å²) in [5, 5.41) is 8.87. The Morgan fingerprint density at radius 3 is 1.94 bits per heavy atom. The first-order valence-electron chi connectivity index (χ1n) is 10.7. The van der Waals surface area contributed by atoms with Gasteiger partial charge in [0.05, 0.1) is 11.6 Å².